The minimum Gasteiger partial charge on any atom is -0.303 e. The van der Waals surface area contributed by atoms with Crippen LogP contribution in [0.4, 0.5) is 5.95 Å². The second-order valence-electron chi connectivity index (χ2n) is 1.49. The van der Waals surface area contributed by atoms with E-state index in [2.05, 4.69) is 15.5 Å². The van der Waals surface area contributed by atoms with Gasteiger partial charge in [-0.05, 0) is 0 Å². The van der Waals surface area contributed by atoms with Crippen molar-refractivity contribution in [2.75, 3.05) is 5.32 Å². The summed E-state index contributed by atoms with van der Waals surface area (Å²) in [6, 6.07) is 0. The molecule has 1 aromatic heterocycles. The fourth-order valence-electron chi connectivity index (χ4n) is 0.442. The van der Waals surface area contributed by atoms with Gasteiger partial charge in [0.2, 0.25) is 5.95 Å². The number of anilines is 1. The molecule has 1 aromatic rings. The lowest BCUT2D eigenvalue weighted by Crippen LogP contribution is -2.00. The first-order valence-electron chi connectivity index (χ1n) is 2.31. The van der Waals surface area contributed by atoms with Crippen LogP contribution in [0.25, 0.3) is 0 Å². The third-order valence-electron chi connectivity index (χ3n) is 0.874. The van der Waals surface area contributed by atoms with E-state index in [4.69, 9.17) is 0 Å². The van der Waals surface area contributed by atoms with Gasteiger partial charge in [-0.1, -0.05) is 0 Å². The average Bonchev–Trinajstić information content (AvgIpc) is 2.18. The minimum atomic E-state index is 0.394. The highest BCUT2D eigenvalue weighted by Crippen LogP contribution is 1.93. The van der Waals surface area contributed by atoms with Gasteiger partial charge in [0.25, 0.3) is 0 Å². The van der Waals surface area contributed by atoms with Crippen molar-refractivity contribution in [2.24, 2.45) is 7.05 Å². The van der Waals surface area contributed by atoms with Gasteiger partial charge in [0, 0.05) is 7.05 Å². The molecule has 0 aliphatic heterocycles. The number of nitrogens with zero attached hydrogens (tertiary/aromatic N) is 3. The zero-order valence-corrected chi connectivity index (χ0v) is 4.83. The molecule has 47 valence electrons. The molecule has 1 heterocycles. The summed E-state index contributed by atoms with van der Waals surface area (Å²) >= 11 is 0. The first-order valence-corrected chi connectivity index (χ1v) is 2.31. The fraction of sp³-hybridized carbons (Fsp3) is 0.250. The number of aromatic nitrogens is 3. The second-order valence-corrected chi connectivity index (χ2v) is 1.49. The Hall–Kier alpha value is -1.39. The van der Waals surface area contributed by atoms with E-state index in [-0.39, 0.29) is 0 Å². The van der Waals surface area contributed by atoms with Crippen LogP contribution in [0, 0.1) is 0 Å². The predicted molar refractivity (Wildman–Crippen MR) is 30.3 cm³/mol. The van der Waals surface area contributed by atoms with Crippen LogP contribution in [-0.4, -0.2) is 21.2 Å². The maximum Gasteiger partial charge on any atom is 0.316 e. The molecule has 5 nitrogen and oxygen atoms in total. The van der Waals surface area contributed by atoms with E-state index >= 15 is 0 Å². The third kappa shape index (κ3) is 1.04. The van der Waals surface area contributed by atoms with Gasteiger partial charge >= 0.3 is 6.41 Å². The van der Waals surface area contributed by atoms with Gasteiger partial charge in [-0.3, -0.25) is 10.1 Å². The highest BCUT2D eigenvalue weighted by Gasteiger charge is 1.94. The monoisotopic (exact) mass is 125 g/mol. The Labute approximate surface area is 51.7 Å². The number of rotatable bonds is 2. The Bertz CT molecular complexity index is 206. The normalized spacial score (nSPS) is 9.00. The lowest BCUT2D eigenvalue weighted by atomic mass is 10.9. The van der Waals surface area contributed by atoms with Crippen LogP contribution < -0.4 is 5.32 Å². The van der Waals surface area contributed by atoms with Crippen LogP contribution in [0.3, 0.4) is 0 Å². The van der Waals surface area contributed by atoms with Crippen LogP contribution >= 0.6 is 0 Å². The molecule has 1 N–H and O–H groups in total. The highest BCUT2D eigenvalue weighted by atomic mass is 16.1. The summed E-state index contributed by atoms with van der Waals surface area (Å²) in [6.45, 7) is 0. The van der Waals surface area contributed by atoms with Gasteiger partial charge in [-0.25, -0.2) is 0 Å². The third-order valence-corrected chi connectivity index (χ3v) is 0.874. The smallest absolute Gasteiger partial charge is 0.303 e. The van der Waals surface area contributed by atoms with E-state index in [9.17, 15) is 4.79 Å². The topological polar surface area (TPSA) is 59.8 Å². The molecule has 0 fully saturated rings. The molecule has 0 unspecified atom stereocenters. The van der Waals surface area contributed by atoms with Crippen LogP contribution in [-0.2, 0) is 11.8 Å². The van der Waals surface area contributed by atoms with E-state index in [0.717, 1.165) is 0 Å². The Morgan fingerprint density at radius 1 is 1.89 bits per heavy atom. The van der Waals surface area contributed by atoms with E-state index < -0.39 is 0 Å². The first kappa shape index (κ1) is 5.74. The number of nitrogens with one attached hydrogen (secondary N) is 1. The number of aryl methyl sites for hydroxylation is 1. The molecular weight excluding hydrogens is 120 g/mol. The van der Waals surface area contributed by atoms with Gasteiger partial charge < -0.3 is 4.57 Å². The fourth-order valence-corrected chi connectivity index (χ4v) is 0.442. The van der Waals surface area contributed by atoms with Gasteiger partial charge in [-0.15, -0.1) is 10.2 Å². The summed E-state index contributed by atoms with van der Waals surface area (Å²) < 4.78 is 1.57. The van der Waals surface area contributed by atoms with E-state index in [1.165, 1.54) is 12.7 Å². The van der Waals surface area contributed by atoms with Crippen LogP contribution in [0.5, 0.6) is 0 Å². The van der Waals surface area contributed by atoms with Gasteiger partial charge in [0.15, 0.2) is 0 Å². The van der Waals surface area contributed by atoms with Crippen molar-refractivity contribution in [1.29, 1.82) is 0 Å². The lowest BCUT2D eigenvalue weighted by molar-refractivity contribution is 0.560. The highest BCUT2D eigenvalue weighted by molar-refractivity contribution is 5.67. The standard InChI is InChI=1S/C4H5N4O/c1-8-2-6-7-4(8)5-3-9/h2H,1H3,(H,5,7,9). The molecule has 0 saturated heterocycles. The van der Waals surface area contributed by atoms with Gasteiger partial charge in [0.05, 0.1) is 0 Å². The summed E-state index contributed by atoms with van der Waals surface area (Å²) in [4.78, 5) is 9.71. The van der Waals surface area contributed by atoms with E-state index in [0.29, 0.717) is 5.95 Å². The number of hydrogen-bond acceptors (Lipinski definition) is 3. The molecule has 0 aromatic carbocycles. The molecular formula is C4H5N4O. The van der Waals surface area contributed by atoms with Crippen molar-refractivity contribution in [2.45, 2.75) is 0 Å². The number of hydrogen-bond donors (Lipinski definition) is 1. The molecule has 0 atom stereocenters. The second kappa shape index (κ2) is 2.25. The Kier molecular flexibility index (Phi) is 1.44. The van der Waals surface area contributed by atoms with Crippen molar-refractivity contribution >= 4 is 12.4 Å². The average molecular weight is 125 g/mol. The Morgan fingerprint density at radius 3 is 3.11 bits per heavy atom. The van der Waals surface area contributed by atoms with Crippen molar-refractivity contribution in [3.8, 4) is 0 Å². The van der Waals surface area contributed by atoms with E-state index in [1.807, 2.05) is 0 Å². The molecule has 1 amide bonds. The Balaban J connectivity index is 2.80. The van der Waals surface area contributed by atoms with Crippen molar-refractivity contribution < 1.29 is 4.79 Å². The summed E-state index contributed by atoms with van der Waals surface area (Å²) in [5.41, 5.74) is 0. The Morgan fingerprint density at radius 2 is 2.67 bits per heavy atom. The van der Waals surface area contributed by atoms with Crippen molar-refractivity contribution in [3.63, 3.8) is 0 Å². The zero-order valence-electron chi connectivity index (χ0n) is 4.83. The van der Waals surface area contributed by atoms with Gasteiger partial charge in [-0.2, -0.15) is 0 Å². The maximum atomic E-state index is 9.71. The summed E-state index contributed by atoms with van der Waals surface area (Å²) in [5.74, 6) is 0.394. The molecule has 1 radical (unpaired) electrons. The van der Waals surface area contributed by atoms with Crippen LogP contribution in [0.1, 0.15) is 0 Å². The molecule has 1 rings (SSSR count). The molecule has 0 aliphatic rings. The van der Waals surface area contributed by atoms with Crippen molar-refractivity contribution in [3.05, 3.63) is 6.33 Å². The SMILES string of the molecule is Cn1cnnc1N[C]=O. The van der Waals surface area contributed by atoms with E-state index in [1.54, 1.807) is 11.6 Å². The largest absolute Gasteiger partial charge is 0.316 e. The number of amides is 1. The first-order chi connectivity index (χ1) is 4.34. The molecule has 0 spiro atoms. The van der Waals surface area contributed by atoms with Gasteiger partial charge in [0.1, 0.15) is 6.33 Å². The minimum absolute atomic E-state index is 0.394. The predicted octanol–water partition coefficient (Wildman–Crippen LogP) is -0.706. The molecule has 5 heteroatoms. The maximum absolute atomic E-state index is 9.71. The van der Waals surface area contributed by atoms with Crippen LogP contribution in [0.15, 0.2) is 6.33 Å². The molecule has 0 aliphatic carbocycles. The molecule has 0 bridgehead atoms. The number of carbonyl (C=O) groups excluding carboxylic acids is 1. The molecule has 0 saturated carbocycles. The zero-order chi connectivity index (χ0) is 6.69. The quantitative estimate of drug-likeness (QED) is 0.531. The summed E-state index contributed by atoms with van der Waals surface area (Å²) in [6.07, 6.45) is 2.97. The van der Waals surface area contributed by atoms with Crippen LogP contribution in [0.2, 0.25) is 0 Å². The lowest BCUT2D eigenvalue weighted by Gasteiger charge is -1.91. The summed E-state index contributed by atoms with van der Waals surface area (Å²) in [7, 11) is 1.72. The van der Waals surface area contributed by atoms with Crippen molar-refractivity contribution in [1.82, 2.24) is 14.8 Å². The summed E-state index contributed by atoms with van der Waals surface area (Å²) in [5, 5.41) is 9.30. The molecule has 9 heavy (non-hydrogen) atoms.